The van der Waals surface area contributed by atoms with Crippen molar-refractivity contribution in [2.45, 2.75) is 0 Å². The molecule has 0 amide bonds. The minimum Gasteiger partial charge on any atom is -0.309 e. The fourth-order valence-electron chi connectivity index (χ4n) is 8.15. The molecule has 0 bridgehead atoms. The number of hydrogen-bond donors (Lipinski definition) is 0. The molecule has 0 radical (unpaired) electrons. The van der Waals surface area contributed by atoms with Crippen molar-refractivity contribution >= 4 is 43.6 Å². The van der Waals surface area contributed by atoms with Crippen molar-refractivity contribution in [2.24, 2.45) is 0 Å². The lowest BCUT2D eigenvalue weighted by Gasteiger charge is -2.12. The van der Waals surface area contributed by atoms with Gasteiger partial charge >= 0.3 is 0 Å². The second kappa shape index (κ2) is 13.3. The van der Waals surface area contributed by atoms with Gasteiger partial charge in [-0.05, 0) is 64.7 Å². The maximum absolute atomic E-state index is 14.8. The summed E-state index contributed by atoms with van der Waals surface area (Å²) in [5.41, 5.74) is 10.9. The van der Waals surface area contributed by atoms with Gasteiger partial charge in [0.15, 0.2) is 11.6 Å². The van der Waals surface area contributed by atoms with E-state index in [9.17, 15) is 4.39 Å². The minimum absolute atomic E-state index is 0.285. The van der Waals surface area contributed by atoms with E-state index in [1.165, 1.54) is 6.07 Å². The van der Waals surface area contributed by atoms with E-state index in [1.54, 1.807) is 12.1 Å². The molecule has 0 spiro atoms. The molecule has 0 aliphatic carbocycles. The van der Waals surface area contributed by atoms with Gasteiger partial charge in [-0.25, -0.2) is 9.37 Å². The number of rotatable bonds is 6. The van der Waals surface area contributed by atoms with Crippen molar-refractivity contribution in [2.75, 3.05) is 0 Å². The largest absolute Gasteiger partial charge is 0.309 e. The normalized spacial score (nSPS) is 11.6. The number of nitrogens with zero attached hydrogens (tertiary/aromatic N) is 5. The van der Waals surface area contributed by atoms with Gasteiger partial charge in [-0.3, -0.25) is 4.57 Å². The Morgan fingerprint density at radius 1 is 0.316 bits per heavy atom. The fourth-order valence-corrected chi connectivity index (χ4v) is 8.15. The van der Waals surface area contributed by atoms with Gasteiger partial charge < -0.3 is 4.57 Å². The van der Waals surface area contributed by atoms with Crippen molar-refractivity contribution in [1.29, 1.82) is 0 Å². The van der Waals surface area contributed by atoms with Crippen LogP contribution in [0.2, 0.25) is 0 Å². The summed E-state index contributed by atoms with van der Waals surface area (Å²) < 4.78 is 19.1. The van der Waals surface area contributed by atoms with E-state index in [4.69, 9.17) is 15.0 Å². The van der Waals surface area contributed by atoms with Crippen LogP contribution in [-0.4, -0.2) is 24.1 Å². The molecule has 268 valence electrons. The van der Waals surface area contributed by atoms with Crippen LogP contribution in [0.4, 0.5) is 4.39 Å². The first-order chi connectivity index (χ1) is 28.2. The quantitative estimate of drug-likeness (QED) is 0.171. The molecule has 0 N–H and O–H groups in total. The van der Waals surface area contributed by atoms with Crippen LogP contribution < -0.4 is 0 Å². The predicted molar refractivity (Wildman–Crippen MR) is 230 cm³/mol. The van der Waals surface area contributed by atoms with Crippen molar-refractivity contribution in [3.05, 3.63) is 200 Å². The maximum atomic E-state index is 14.8. The predicted octanol–water partition coefficient (Wildman–Crippen LogP) is 12.9. The van der Waals surface area contributed by atoms with Crippen LogP contribution in [0.5, 0.6) is 0 Å². The van der Waals surface area contributed by atoms with Crippen molar-refractivity contribution < 1.29 is 4.39 Å². The first-order valence-corrected chi connectivity index (χ1v) is 19.0. The molecule has 57 heavy (non-hydrogen) atoms. The Morgan fingerprint density at radius 3 is 1.32 bits per heavy atom. The standard InChI is InChI=1S/C51H32FN5/c52-39-16-11-17-40(30-39)56-45-20-9-7-18-41(45)43-31-44-42-19-8-10-21-46(42)57(48(44)32-47(43)56)51-54-49(37-26-22-35(23-27-37)33-12-3-1-4-13-33)53-50(55-51)38-28-24-36(25-29-38)34-14-5-2-6-15-34/h1-32H. The highest BCUT2D eigenvalue weighted by atomic mass is 19.1. The number of hydrogen-bond acceptors (Lipinski definition) is 3. The molecule has 11 rings (SSSR count). The van der Waals surface area contributed by atoms with Crippen molar-refractivity contribution in [3.8, 4) is 56.7 Å². The lowest BCUT2D eigenvalue weighted by Crippen LogP contribution is -2.06. The van der Waals surface area contributed by atoms with Gasteiger partial charge in [0, 0.05) is 38.4 Å². The van der Waals surface area contributed by atoms with Crippen molar-refractivity contribution in [1.82, 2.24) is 24.1 Å². The summed E-state index contributed by atoms with van der Waals surface area (Å²) in [6, 6.07) is 65.4. The maximum Gasteiger partial charge on any atom is 0.238 e. The molecule has 0 aliphatic heterocycles. The summed E-state index contributed by atoms with van der Waals surface area (Å²) in [5, 5.41) is 4.33. The Labute approximate surface area is 327 Å². The fraction of sp³-hybridized carbons (Fsp3) is 0. The Morgan fingerprint density at radius 2 is 0.772 bits per heavy atom. The van der Waals surface area contributed by atoms with Gasteiger partial charge in [-0.2, -0.15) is 9.97 Å². The first-order valence-electron chi connectivity index (χ1n) is 19.0. The zero-order valence-corrected chi connectivity index (χ0v) is 30.6. The molecule has 6 heteroatoms. The zero-order valence-electron chi connectivity index (χ0n) is 30.6. The summed E-state index contributed by atoms with van der Waals surface area (Å²) in [4.78, 5) is 15.6. The van der Waals surface area contributed by atoms with Crippen LogP contribution in [0.3, 0.4) is 0 Å². The van der Waals surface area contributed by atoms with Crippen LogP contribution in [-0.2, 0) is 0 Å². The Bertz CT molecular complexity index is 3180. The van der Waals surface area contributed by atoms with Gasteiger partial charge in [-0.1, -0.05) is 152 Å². The van der Waals surface area contributed by atoms with E-state index in [-0.39, 0.29) is 5.82 Å². The Kier molecular flexibility index (Phi) is 7.60. The van der Waals surface area contributed by atoms with Crippen molar-refractivity contribution in [3.63, 3.8) is 0 Å². The Balaban J connectivity index is 1.16. The van der Waals surface area contributed by atoms with Crippen LogP contribution >= 0.6 is 0 Å². The molecule has 5 nitrogen and oxygen atoms in total. The minimum atomic E-state index is -0.285. The summed E-state index contributed by atoms with van der Waals surface area (Å²) in [7, 11) is 0. The highest BCUT2D eigenvalue weighted by Gasteiger charge is 2.21. The third kappa shape index (κ3) is 5.57. The zero-order chi connectivity index (χ0) is 37.9. The summed E-state index contributed by atoms with van der Waals surface area (Å²) >= 11 is 0. The van der Waals surface area contributed by atoms with E-state index < -0.39 is 0 Å². The highest BCUT2D eigenvalue weighted by Crippen LogP contribution is 2.40. The number of aromatic nitrogens is 5. The molecular weight excluding hydrogens is 702 g/mol. The number of halogens is 1. The van der Waals surface area contributed by atoms with Gasteiger partial charge in [0.1, 0.15) is 5.82 Å². The second-order valence-electron chi connectivity index (χ2n) is 14.2. The SMILES string of the molecule is Fc1cccc(-n2c3ccccc3c3cc4c5ccccc5n(-c5nc(-c6ccc(-c7ccccc7)cc6)nc(-c6ccc(-c7ccccc7)cc6)n5)c4cc32)c1. The number of benzene rings is 8. The monoisotopic (exact) mass is 733 g/mol. The number of para-hydroxylation sites is 2. The first kappa shape index (κ1) is 32.7. The highest BCUT2D eigenvalue weighted by molar-refractivity contribution is 6.19. The molecule has 0 saturated heterocycles. The molecule has 0 atom stereocenters. The molecular formula is C51H32FN5. The smallest absolute Gasteiger partial charge is 0.238 e. The van der Waals surface area contributed by atoms with Gasteiger partial charge in [0.2, 0.25) is 5.95 Å². The van der Waals surface area contributed by atoms with Gasteiger partial charge in [0.25, 0.3) is 0 Å². The molecule has 0 fully saturated rings. The van der Waals surface area contributed by atoms with Crippen LogP contribution in [0, 0.1) is 5.82 Å². The lowest BCUT2D eigenvalue weighted by molar-refractivity contribution is 0.627. The molecule has 11 aromatic rings. The van der Waals surface area contributed by atoms with Gasteiger partial charge in [-0.15, -0.1) is 0 Å². The third-order valence-electron chi connectivity index (χ3n) is 10.9. The molecule has 3 heterocycles. The summed E-state index contributed by atoms with van der Waals surface area (Å²) in [6.45, 7) is 0. The molecule has 0 saturated carbocycles. The van der Waals surface area contributed by atoms with Crippen LogP contribution in [0.1, 0.15) is 0 Å². The molecule has 8 aromatic carbocycles. The summed E-state index contributed by atoms with van der Waals surface area (Å²) in [6.07, 6.45) is 0. The van der Waals surface area contributed by atoms with E-state index in [2.05, 4.69) is 130 Å². The van der Waals surface area contributed by atoms with Crippen LogP contribution in [0.25, 0.3) is 100 Å². The second-order valence-corrected chi connectivity index (χ2v) is 14.2. The molecule has 3 aromatic heterocycles. The van der Waals surface area contributed by atoms with E-state index in [1.807, 2.05) is 54.6 Å². The Hall–Kier alpha value is -7.70. The van der Waals surface area contributed by atoms with E-state index in [0.29, 0.717) is 17.6 Å². The van der Waals surface area contributed by atoms with E-state index in [0.717, 1.165) is 82.7 Å². The summed E-state index contributed by atoms with van der Waals surface area (Å²) in [5.74, 6) is 1.37. The average molecular weight is 734 g/mol. The van der Waals surface area contributed by atoms with E-state index >= 15 is 0 Å². The molecule has 0 unspecified atom stereocenters. The topological polar surface area (TPSA) is 48.5 Å². The lowest BCUT2D eigenvalue weighted by atomic mass is 10.0. The van der Waals surface area contributed by atoms with Crippen LogP contribution in [0.15, 0.2) is 194 Å². The number of fused-ring (bicyclic) bond motifs is 6. The third-order valence-corrected chi connectivity index (χ3v) is 10.9. The molecule has 0 aliphatic rings. The average Bonchev–Trinajstić information content (AvgIpc) is 3.78. The van der Waals surface area contributed by atoms with Gasteiger partial charge in [0.05, 0.1) is 22.1 Å².